The van der Waals surface area contributed by atoms with E-state index in [-0.39, 0.29) is 5.91 Å². The molecule has 0 aliphatic rings. The molecule has 2 N–H and O–H groups in total. The number of allylic oxidation sites excluding steroid dienone is 1. The summed E-state index contributed by atoms with van der Waals surface area (Å²) < 4.78 is 12.9. The highest BCUT2D eigenvalue weighted by atomic mass is 16.5. The van der Waals surface area contributed by atoms with Crippen LogP contribution in [0.15, 0.2) is 66.3 Å². The number of amides is 1. The van der Waals surface area contributed by atoms with Gasteiger partial charge in [0.1, 0.15) is 0 Å². The maximum Gasteiger partial charge on any atom is 0.341 e. The number of aryl methyl sites for hydroxylation is 2. The van der Waals surface area contributed by atoms with Crippen molar-refractivity contribution in [3.63, 3.8) is 0 Å². The lowest BCUT2D eigenvalue weighted by atomic mass is 10.1. The van der Waals surface area contributed by atoms with Gasteiger partial charge in [0.15, 0.2) is 18.1 Å². The monoisotopic (exact) mass is 461 g/mol. The molecule has 8 nitrogen and oxygen atoms in total. The lowest BCUT2D eigenvalue weighted by molar-refractivity contribution is -0.139. The van der Waals surface area contributed by atoms with Crippen LogP contribution < -0.4 is 14.9 Å². The molecule has 0 saturated heterocycles. The summed E-state index contributed by atoms with van der Waals surface area (Å²) in [5, 5.41) is 13.0. The van der Waals surface area contributed by atoms with Gasteiger partial charge in [-0.25, -0.2) is 10.2 Å². The molecule has 8 heteroatoms. The number of aliphatic carboxylic acids is 1. The van der Waals surface area contributed by atoms with Crippen molar-refractivity contribution in [1.82, 2.24) is 9.99 Å². The number of rotatable bonds is 10. The molecule has 0 saturated carbocycles. The molecule has 3 rings (SSSR count). The van der Waals surface area contributed by atoms with Gasteiger partial charge in [-0.1, -0.05) is 6.08 Å². The number of nitrogens with zero attached hydrogens (tertiary/aromatic N) is 2. The molecule has 1 amide bonds. The fraction of sp³-hybridized carbons (Fsp3) is 0.192. The van der Waals surface area contributed by atoms with E-state index in [1.165, 1.54) is 13.3 Å². The summed E-state index contributed by atoms with van der Waals surface area (Å²) in [5.74, 6) is -0.742. The third-order valence-electron chi connectivity index (χ3n) is 5.12. The molecular formula is C26H27N3O5. The molecule has 176 valence electrons. The lowest BCUT2D eigenvalue weighted by Crippen LogP contribution is -2.17. The highest BCUT2D eigenvalue weighted by Gasteiger charge is 2.14. The second kappa shape index (κ2) is 11.0. The number of carbonyl (C=O) groups is 2. The largest absolute Gasteiger partial charge is 0.493 e. The number of carbonyl (C=O) groups excluding carboxylic acids is 1. The van der Waals surface area contributed by atoms with Crippen LogP contribution in [-0.2, 0) is 11.2 Å². The van der Waals surface area contributed by atoms with Crippen LogP contribution >= 0.6 is 0 Å². The van der Waals surface area contributed by atoms with Gasteiger partial charge in [0, 0.05) is 28.2 Å². The number of carboxylic acids is 1. The summed E-state index contributed by atoms with van der Waals surface area (Å²) in [7, 11) is 1.46. The average molecular weight is 462 g/mol. The Bertz CT molecular complexity index is 1210. The second-order valence-corrected chi connectivity index (χ2v) is 7.58. The average Bonchev–Trinajstić information content (AvgIpc) is 3.15. The van der Waals surface area contributed by atoms with Gasteiger partial charge in [-0.15, -0.1) is 6.58 Å². The Kier molecular flexibility index (Phi) is 7.87. The highest BCUT2D eigenvalue weighted by Crippen LogP contribution is 2.33. The molecule has 0 aliphatic heterocycles. The zero-order chi connectivity index (χ0) is 24.7. The summed E-state index contributed by atoms with van der Waals surface area (Å²) in [5.41, 5.74) is 7.54. The first-order chi connectivity index (χ1) is 16.3. The van der Waals surface area contributed by atoms with E-state index < -0.39 is 12.6 Å². The summed E-state index contributed by atoms with van der Waals surface area (Å²) in [6.07, 6.45) is 3.59. The molecule has 3 aromatic rings. The third kappa shape index (κ3) is 5.72. The van der Waals surface area contributed by atoms with E-state index in [1.807, 2.05) is 38.1 Å². The van der Waals surface area contributed by atoms with Crippen molar-refractivity contribution in [3.05, 3.63) is 89.3 Å². The third-order valence-corrected chi connectivity index (χ3v) is 5.12. The van der Waals surface area contributed by atoms with Crippen molar-refractivity contribution >= 4 is 18.1 Å². The first-order valence-electron chi connectivity index (χ1n) is 10.6. The summed E-state index contributed by atoms with van der Waals surface area (Å²) in [6, 6.07) is 14.8. The van der Waals surface area contributed by atoms with Crippen LogP contribution in [0.1, 0.15) is 32.9 Å². The number of benzene rings is 2. The summed E-state index contributed by atoms with van der Waals surface area (Å²) in [4.78, 5) is 23.4. The fourth-order valence-electron chi connectivity index (χ4n) is 3.58. The van der Waals surface area contributed by atoms with Crippen LogP contribution in [0.2, 0.25) is 0 Å². The molecule has 34 heavy (non-hydrogen) atoms. The second-order valence-electron chi connectivity index (χ2n) is 7.58. The number of hydrogen-bond acceptors (Lipinski definition) is 5. The van der Waals surface area contributed by atoms with Gasteiger partial charge < -0.3 is 19.1 Å². The molecule has 0 unspecified atom stereocenters. The van der Waals surface area contributed by atoms with E-state index in [2.05, 4.69) is 21.7 Å². The Morgan fingerprint density at radius 1 is 1.12 bits per heavy atom. The minimum atomic E-state index is -1.09. The molecule has 0 spiro atoms. The molecule has 1 aromatic heterocycles. The topological polar surface area (TPSA) is 102 Å². The Hall–Kier alpha value is -4.33. The van der Waals surface area contributed by atoms with Crippen molar-refractivity contribution in [2.45, 2.75) is 20.3 Å². The predicted octanol–water partition coefficient (Wildman–Crippen LogP) is 4.06. The number of ether oxygens (including phenoxy) is 2. The van der Waals surface area contributed by atoms with E-state index in [0.717, 1.165) is 17.1 Å². The zero-order valence-electron chi connectivity index (χ0n) is 19.4. The first-order valence-corrected chi connectivity index (χ1v) is 10.6. The van der Waals surface area contributed by atoms with Gasteiger partial charge in [0.05, 0.1) is 13.3 Å². The normalized spacial score (nSPS) is 10.8. The number of carboxylic acid groups (broad SMARTS) is 1. The maximum absolute atomic E-state index is 12.5. The van der Waals surface area contributed by atoms with Gasteiger partial charge in [-0.05, 0) is 74.4 Å². The van der Waals surface area contributed by atoms with Crippen LogP contribution in [0.25, 0.3) is 5.69 Å². The fourth-order valence-corrected chi connectivity index (χ4v) is 3.58. The standard InChI is InChI=1S/C26H27N3O5/c1-5-6-21-13-19(14-23(33-4)25(21)34-16-24(30)31)15-27-28-26(32)20-9-11-22(12-10-20)29-17(2)7-8-18(29)3/h5,7-15H,1,6,16H2,2-4H3,(H,28,32)(H,30,31)/b27-15-. The van der Waals surface area contributed by atoms with Crippen LogP contribution in [0.5, 0.6) is 11.5 Å². The van der Waals surface area contributed by atoms with Crippen molar-refractivity contribution < 1.29 is 24.2 Å². The lowest BCUT2D eigenvalue weighted by Gasteiger charge is -2.14. The molecule has 0 bridgehead atoms. The Labute approximate surface area is 198 Å². The quantitative estimate of drug-likeness (QED) is 0.269. The molecule has 1 heterocycles. The molecule has 0 radical (unpaired) electrons. The van der Waals surface area contributed by atoms with Crippen LogP contribution in [0.3, 0.4) is 0 Å². The smallest absolute Gasteiger partial charge is 0.341 e. The van der Waals surface area contributed by atoms with E-state index in [0.29, 0.717) is 34.6 Å². The van der Waals surface area contributed by atoms with Gasteiger partial charge >= 0.3 is 5.97 Å². The molecule has 0 aliphatic carbocycles. The number of hydrazone groups is 1. The van der Waals surface area contributed by atoms with Gasteiger partial charge in [0.2, 0.25) is 0 Å². The van der Waals surface area contributed by atoms with E-state index in [9.17, 15) is 9.59 Å². The summed E-state index contributed by atoms with van der Waals surface area (Å²) >= 11 is 0. The zero-order valence-corrected chi connectivity index (χ0v) is 19.4. The van der Waals surface area contributed by atoms with E-state index in [4.69, 9.17) is 14.6 Å². The van der Waals surface area contributed by atoms with Gasteiger partial charge in [-0.3, -0.25) is 4.79 Å². The highest BCUT2D eigenvalue weighted by molar-refractivity contribution is 5.95. The SMILES string of the molecule is C=CCc1cc(/C=N\NC(=O)c2ccc(-n3c(C)ccc3C)cc2)cc(OC)c1OCC(=O)O. The van der Waals surface area contributed by atoms with Crippen molar-refractivity contribution in [2.24, 2.45) is 5.10 Å². The van der Waals surface area contributed by atoms with Crippen LogP contribution in [-0.4, -0.2) is 41.5 Å². The van der Waals surface area contributed by atoms with Crippen molar-refractivity contribution in [2.75, 3.05) is 13.7 Å². The first kappa shape index (κ1) is 24.3. The predicted molar refractivity (Wildman–Crippen MR) is 130 cm³/mol. The number of hydrogen-bond donors (Lipinski definition) is 2. The van der Waals surface area contributed by atoms with Crippen LogP contribution in [0, 0.1) is 13.8 Å². The van der Waals surface area contributed by atoms with Gasteiger partial charge in [0.25, 0.3) is 5.91 Å². The molecule has 0 fully saturated rings. The maximum atomic E-state index is 12.5. The minimum Gasteiger partial charge on any atom is -0.493 e. The molecule has 2 aromatic carbocycles. The number of aromatic nitrogens is 1. The minimum absolute atomic E-state index is 0.333. The van der Waals surface area contributed by atoms with Crippen molar-refractivity contribution in [1.29, 1.82) is 0 Å². The van der Waals surface area contributed by atoms with E-state index in [1.54, 1.807) is 30.3 Å². The van der Waals surface area contributed by atoms with Crippen LogP contribution in [0.4, 0.5) is 0 Å². The Morgan fingerprint density at radius 3 is 2.38 bits per heavy atom. The molecular weight excluding hydrogens is 434 g/mol. The Balaban J connectivity index is 1.74. The van der Waals surface area contributed by atoms with Crippen molar-refractivity contribution in [3.8, 4) is 17.2 Å². The van der Waals surface area contributed by atoms with Gasteiger partial charge in [-0.2, -0.15) is 5.10 Å². The summed E-state index contributed by atoms with van der Waals surface area (Å²) in [6.45, 7) is 7.29. The number of methoxy groups -OCH3 is 1. The molecule has 0 atom stereocenters. The Morgan fingerprint density at radius 2 is 1.79 bits per heavy atom. The van der Waals surface area contributed by atoms with E-state index >= 15 is 0 Å². The number of nitrogens with one attached hydrogen (secondary N) is 1.